The third kappa shape index (κ3) is 4.15. The Morgan fingerprint density at radius 1 is 1.18 bits per heavy atom. The third-order valence-electron chi connectivity index (χ3n) is 4.84. The largest absolute Gasteiger partial charge is 0.441 e. The molecule has 0 saturated carbocycles. The Morgan fingerprint density at radius 2 is 2.00 bits per heavy atom. The molecule has 0 unspecified atom stereocenters. The van der Waals surface area contributed by atoms with Gasteiger partial charge in [0.25, 0.3) is 5.91 Å². The minimum Gasteiger partial charge on any atom is -0.441 e. The van der Waals surface area contributed by atoms with Crippen LogP contribution in [0.1, 0.15) is 25.0 Å². The number of carbonyl (C=O) groups is 1. The Labute approximate surface area is 173 Å². The quantitative estimate of drug-likeness (QED) is 0.508. The van der Waals surface area contributed by atoms with Gasteiger partial charge < -0.3 is 9.32 Å². The van der Waals surface area contributed by atoms with E-state index in [-0.39, 0.29) is 5.91 Å². The van der Waals surface area contributed by atoms with Gasteiger partial charge in [-0.15, -0.1) is 11.8 Å². The molecular formula is C21H23N3O2S2. The number of thioether (sulfide) groups is 2. The van der Waals surface area contributed by atoms with E-state index in [1.54, 1.807) is 23.7 Å². The summed E-state index contributed by atoms with van der Waals surface area (Å²) in [7, 11) is 1.76. The van der Waals surface area contributed by atoms with Crippen molar-refractivity contribution in [3.8, 4) is 0 Å². The topological polar surface area (TPSA) is 49.1 Å². The van der Waals surface area contributed by atoms with E-state index in [2.05, 4.69) is 9.89 Å². The number of aliphatic imine (C=N–C) groups is 1. The van der Waals surface area contributed by atoms with Crippen LogP contribution in [0.2, 0.25) is 0 Å². The van der Waals surface area contributed by atoms with Gasteiger partial charge in [0.15, 0.2) is 11.1 Å². The normalized spacial score (nSPS) is 20.6. The molecule has 2 aliphatic rings. The number of likely N-dealkylation sites (N-methyl/N-ethyl adjacent to an activating group) is 1. The Hall–Kier alpha value is -2.12. The molecule has 1 amide bonds. The molecule has 0 spiro atoms. The van der Waals surface area contributed by atoms with Gasteiger partial charge >= 0.3 is 0 Å². The second kappa shape index (κ2) is 8.49. The maximum atomic E-state index is 12.6. The number of carbonyl (C=O) groups excluding carboxylic acids is 1. The van der Waals surface area contributed by atoms with E-state index in [1.165, 1.54) is 31.0 Å². The minimum atomic E-state index is -0.0549. The van der Waals surface area contributed by atoms with E-state index >= 15 is 0 Å². The zero-order valence-corrected chi connectivity index (χ0v) is 17.7. The van der Waals surface area contributed by atoms with Crippen LogP contribution in [-0.4, -0.2) is 42.4 Å². The fourth-order valence-electron chi connectivity index (χ4n) is 3.28. The molecule has 3 heterocycles. The van der Waals surface area contributed by atoms with Crippen molar-refractivity contribution in [1.82, 2.24) is 4.90 Å². The molecule has 146 valence electrons. The lowest BCUT2D eigenvalue weighted by Gasteiger charge is -2.25. The number of nitrogens with zero attached hydrogens (tertiary/aromatic N) is 3. The third-order valence-corrected chi connectivity index (χ3v) is 6.62. The lowest BCUT2D eigenvalue weighted by molar-refractivity contribution is -0.121. The highest BCUT2D eigenvalue weighted by Gasteiger charge is 2.30. The Kier molecular flexibility index (Phi) is 5.82. The number of amidine groups is 1. The second-order valence-electron chi connectivity index (χ2n) is 6.79. The molecule has 7 heteroatoms. The minimum absolute atomic E-state index is 0.0549. The maximum absolute atomic E-state index is 12.6. The van der Waals surface area contributed by atoms with Gasteiger partial charge in [-0.3, -0.25) is 9.69 Å². The molecule has 1 aromatic heterocycles. The molecule has 4 rings (SSSR count). The van der Waals surface area contributed by atoms with Gasteiger partial charge in [-0.05, 0) is 61.5 Å². The van der Waals surface area contributed by atoms with E-state index in [1.807, 2.05) is 48.7 Å². The fourth-order valence-corrected chi connectivity index (χ4v) is 4.70. The van der Waals surface area contributed by atoms with Crippen LogP contribution >= 0.6 is 23.5 Å². The van der Waals surface area contributed by atoms with Crippen LogP contribution in [0.3, 0.4) is 0 Å². The number of rotatable bonds is 4. The van der Waals surface area contributed by atoms with Crippen molar-refractivity contribution in [2.45, 2.75) is 24.2 Å². The number of furan rings is 1. The molecule has 0 N–H and O–H groups in total. The number of piperidine rings is 1. The first-order valence-electron chi connectivity index (χ1n) is 9.39. The molecule has 2 saturated heterocycles. The summed E-state index contributed by atoms with van der Waals surface area (Å²) in [6.07, 6.45) is 7.54. The van der Waals surface area contributed by atoms with Gasteiger partial charge in [0.2, 0.25) is 0 Å². The zero-order chi connectivity index (χ0) is 19.5. The number of anilines is 1. The van der Waals surface area contributed by atoms with E-state index < -0.39 is 0 Å². The molecule has 0 bridgehead atoms. The van der Waals surface area contributed by atoms with Crippen LogP contribution in [0.15, 0.2) is 55.6 Å². The van der Waals surface area contributed by atoms with E-state index in [9.17, 15) is 4.79 Å². The molecule has 2 aliphatic heterocycles. The Morgan fingerprint density at radius 3 is 2.79 bits per heavy atom. The number of benzene rings is 1. The van der Waals surface area contributed by atoms with E-state index in [0.717, 1.165) is 29.6 Å². The summed E-state index contributed by atoms with van der Waals surface area (Å²) in [5.41, 5.74) is 0.848. The van der Waals surface area contributed by atoms with Crippen LogP contribution in [0.5, 0.6) is 0 Å². The summed E-state index contributed by atoms with van der Waals surface area (Å²) in [6.45, 7) is 2.07. The van der Waals surface area contributed by atoms with Gasteiger partial charge in [-0.1, -0.05) is 6.07 Å². The monoisotopic (exact) mass is 413 g/mol. The summed E-state index contributed by atoms with van der Waals surface area (Å²) in [5.74, 6) is 1.54. The van der Waals surface area contributed by atoms with E-state index in [0.29, 0.717) is 15.8 Å². The lowest BCUT2D eigenvalue weighted by atomic mass is 10.1. The first kappa shape index (κ1) is 19.2. The highest BCUT2D eigenvalue weighted by Crippen LogP contribution is 2.34. The SMILES string of the molecule is CSc1cccc(N=C2S/C(=C/c3ccc(N4CCCCC4)o3)C(=O)N2C)c1. The average molecular weight is 414 g/mol. The van der Waals surface area contributed by atoms with Crippen molar-refractivity contribution in [2.75, 3.05) is 31.3 Å². The Balaban J connectivity index is 1.53. The fraction of sp³-hybridized carbons (Fsp3) is 0.333. The van der Waals surface area contributed by atoms with Crippen molar-refractivity contribution >= 4 is 52.2 Å². The first-order chi connectivity index (χ1) is 13.6. The van der Waals surface area contributed by atoms with Gasteiger partial charge in [-0.2, -0.15) is 0 Å². The zero-order valence-electron chi connectivity index (χ0n) is 16.1. The molecule has 2 aromatic rings. The highest BCUT2D eigenvalue weighted by molar-refractivity contribution is 8.18. The maximum Gasteiger partial charge on any atom is 0.266 e. The van der Waals surface area contributed by atoms with Crippen LogP contribution in [0, 0.1) is 0 Å². The van der Waals surface area contributed by atoms with Crippen LogP contribution in [-0.2, 0) is 4.79 Å². The number of amides is 1. The van der Waals surface area contributed by atoms with Crippen molar-refractivity contribution in [1.29, 1.82) is 0 Å². The summed E-state index contributed by atoms with van der Waals surface area (Å²) in [4.78, 5) is 22.9. The van der Waals surface area contributed by atoms with Crippen molar-refractivity contribution in [3.05, 3.63) is 47.1 Å². The van der Waals surface area contributed by atoms with Crippen LogP contribution in [0.4, 0.5) is 11.6 Å². The van der Waals surface area contributed by atoms with Crippen molar-refractivity contribution in [2.24, 2.45) is 4.99 Å². The van der Waals surface area contributed by atoms with Crippen LogP contribution < -0.4 is 4.90 Å². The van der Waals surface area contributed by atoms with Gasteiger partial charge in [0.1, 0.15) is 5.76 Å². The molecule has 0 aliphatic carbocycles. The van der Waals surface area contributed by atoms with E-state index in [4.69, 9.17) is 4.42 Å². The molecule has 0 radical (unpaired) electrons. The Bertz CT molecular complexity index is 929. The van der Waals surface area contributed by atoms with Gasteiger partial charge in [-0.25, -0.2) is 4.99 Å². The van der Waals surface area contributed by atoms with Gasteiger partial charge in [0.05, 0.1) is 10.6 Å². The predicted molar refractivity (Wildman–Crippen MR) is 118 cm³/mol. The summed E-state index contributed by atoms with van der Waals surface area (Å²) < 4.78 is 5.98. The first-order valence-corrected chi connectivity index (χ1v) is 11.4. The van der Waals surface area contributed by atoms with Gasteiger partial charge in [0, 0.05) is 37.2 Å². The molecule has 28 heavy (non-hydrogen) atoms. The van der Waals surface area contributed by atoms with Crippen LogP contribution in [0.25, 0.3) is 6.08 Å². The molecule has 5 nitrogen and oxygen atoms in total. The predicted octanol–water partition coefficient (Wildman–Crippen LogP) is 5.23. The second-order valence-corrected chi connectivity index (χ2v) is 8.68. The average Bonchev–Trinajstić information content (AvgIpc) is 3.30. The standard InChI is InChI=1S/C21H23N3O2S2/c1-23-20(25)18(28-21(23)22-15-7-6-8-17(13-15)27-2)14-16-9-10-19(26-16)24-11-4-3-5-12-24/h6-10,13-14H,3-5,11-12H2,1-2H3/b18-14+,22-21?. The lowest BCUT2D eigenvalue weighted by Crippen LogP contribution is -2.28. The summed E-state index contributed by atoms with van der Waals surface area (Å²) in [6, 6.07) is 11.9. The molecule has 0 atom stereocenters. The smallest absolute Gasteiger partial charge is 0.266 e. The summed E-state index contributed by atoms with van der Waals surface area (Å²) >= 11 is 3.06. The summed E-state index contributed by atoms with van der Waals surface area (Å²) in [5, 5.41) is 0.678. The molecular weight excluding hydrogens is 390 g/mol. The molecule has 2 fully saturated rings. The van der Waals surface area contributed by atoms with Crippen molar-refractivity contribution in [3.63, 3.8) is 0 Å². The number of hydrogen-bond acceptors (Lipinski definition) is 6. The number of hydrogen-bond donors (Lipinski definition) is 0. The van der Waals surface area contributed by atoms with Crippen molar-refractivity contribution < 1.29 is 9.21 Å². The highest BCUT2D eigenvalue weighted by atomic mass is 32.2. The molecule has 1 aromatic carbocycles.